The summed E-state index contributed by atoms with van der Waals surface area (Å²) in [6.07, 6.45) is 1.00. The molecule has 0 aliphatic heterocycles. The van der Waals surface area contributed by atoms with Crippen LogP contribution in [0.25, 0.3) is 0 Å². The Balaban J connectivity index is 3.13. The molecule has 0 radical (unpaired) electrons. The number of hydrogen-bond acceptors (Lipinski definition) is 3. The Hall–Kier alpha value is -2.11. The summed E-state index contributed by atoms with van der Waals surface area (Å²) < 4.78 is 1.42. The van der Waals surface area contributed by atoms with Crippen LogP contribution in [0.1, 0.15) is 45.3 Å². The van der Waals surface area contributed by atoms with Gasteiger partial charge < -0.3 is 15.0 Å². The molecule has 0 fully saturated rings. The molecule has 22 heavy (non-hydrogen) atoms. The zero-order chi connectivity index (χ0) is 16.9. The van der Waals surface area contributed by atoms with Crippen LogP contribution in [0.2, 0.25) is 0 Å². The number of carboxylic acids is 1. The summed E-state index contributed by atoms with van der Waals surface area (Å²) in [5.74, 6) is -1.64. The zero-order valence-electron chi connectivity index (χ0n) is 13.5. The second-order valence-corrected chi connectivity index (χ2v) is 5.75. The van der Waals surface area contributed by atoms with E-state index in [1.54, 1.807) is 19.1 Å². The number of aryl methyl sites for hydroxylation is 1. The Kier molecular flexibility index (Phi) is 6.34. The molecule has 0 aromatic carbocycles. The molecular weight excluding hydrogens is 284 g/mol. The van der Waals surface area contributed by atoms with Crippen molar-refractivity contribution >= 4 is 11.9 Å². The summed E-state index contributed by atoms with van der Waals surface area (Å²) in [6.45, 7) is 7.27. The second-order valence-electron chi connectivity index (χ2n) is 5.75. The number of pyridine rings is 1. The third kappa shape index (κ3) is 4.19. The molecule has 2 N–H and O–H groups in total. The van der Waals surface area contributed by atoms with E-state index in [-0.39, 0.29) is 11.5 Å². The minimum Gasteiger partial charge on any atom is -0.480 e. The normalized spacial score (nSPS) is 13.7. The Morgan fingerprint density at radius 1 is 1.32 bits per heavy atom. The zero-order valence-corrected chi connectivity index (χ0v) is 13.5. The molecule has 6 heteroatoms. The fourth-order valence-electron chi connectivity index (χ4n) is 2.48. The van der Waals surface area contributed by atoms with Gasteiger partial charge in [0.15, 0.2) is 0 Å². The van der Waals surface area contributed by atoms with Gasteiger partial charge in [0.05, 0.1) is 0 Å². The fourth-order valence-corrected chi connectivity index (χ4v) is 2.48. The summed E-state index contributed by atoms with van der Waals surface area (Å²) >= 11 is 0. The SMILES string of the molecule is CCCC(NC(=O)C(C(C)C)n1c(C)cccc1=O)C(=O)O. The molecular formula is C16H24N2O4. The summed E-state index contributed by atoms with van der Waals surface area (Å²) in [5.41, 5.74) is 0.403. The summed E-state index contributed by atoms with van der Waals surface area (Å²) in [5, 5.41) is 11.7. The van der Waals surface area contributed by atoms with Crippen LogP contribution < -0.4 is 10.9 Å². The van der Waals surface area contributed by atoms with E-state index in [0.29, 0.717) is 18.5 Å². The maximum atomic E-state index is 12.5. The van der Waals surface area contributed by atoms with E-state index in [1.165, 1.54) is 10.6 Å². The first-order chi connectivity index (χ1) is 10.3. The second kappa shape index (κ2) is 7.77. The van der Waals surface area contributed by atoms with Gasteiger partial charge in [0.1, 0.15) is 12.1 Å². The molecule has 122 valence electrons. The number of carboxylic acid groups (broad SMARTS) is 1. The summed E-state index contributed by atoms with van der Waals surface area (Å²) in [6, 6.07) is 3.13. The van der Waals surface area contributed by atoms with Gasteiger partial charge in [-0.2, -0.15) is 0 Å². The molecule has 6 nitrogen and oxygen atoms in total. The monoisotopic (exact) mass is 308 g/mol. The topological polar surface area (TPSA) is 88.4 Å². The van der Waals surface area contributed by atoms with Gasteiger partial charge in [-0.3, -0.25) is 9.59 Å². The van der Waals surface area contributed by atoms with Gasteiger partial charge in [-0.1, -0.05) is 33.3 Å². The van der Waals surface area contributed by atoms with Crippen molar-refractivity contribution in [2.24, 2.45) is 5.92 Å². The third-order valence-corrected chi connectivity index (χ3v) is 3.56. The average molecular weight is 308 g/mol. The lowest BCUT2D eigenvalue weighted by atomic mass is 10.0. The van der Waals surface area contributed by atoms with E-state index < -0.39 is 24.0 Å². The van der Waals surface area contributed by atoms with Crippen LogP contribution in [-0.4, -0.2) is 27.6 Å². The van der Waals surface area contributed by atoms with Crippen LogP contribution in [0.15, 0.2) is 23.0 Å². The largest absolute Gasteiger partial charge is 0.480 e. The first kappa shape index (κ1) is 17.9. The highest BCUT2D eigenvalue weighted by Crippen LogP contribution is 2.18. The highest BCUT2D eigenvalue weighted by molar-refractivity contribution is 5.86. The Bertz CT molecular complexity index is 592. The quantitative estimate of drug-likeness (QED) is 0.803. The van der Waals surface area contributed by atoms with Gasteiger partial charge in [0.25, 0.3) is 5.56 Å². The van der Waals surface area contributed by atoms with Crippen molar-refractivity contribution in [2.75, 3.05) is 0 Å². The lowest BCUT2D eigenvalue weighted by molar-refractivity contribution is -0.142. The van der Waals surface area contributed by atoms with Gasteiger partial charge >= 0.3 is 5.97 Å². The van der Waals surface area contributed by atoms with Crippen molar-refractivity contribution < 1.29 is 14.7 Å². The molecule has 1 aromatic rings. The highest BCUT2D eigenvalue weighted by Gasteiger charge is 2.29. The molecule has 1 aromatic heterocycles. The molecule has 1 rings (SSSR count). The molecule has 0 bridgehead atoms. The number of amides is 1. The molecule has 2 unspecified atom stereocenters. The molecule has 0 saturated carbocycles. The van der Waals surface area contributed by atoms with Crippen LogP contribution in [0.4, 0.5) is 0 Å². The molecule has 1 heterocycles. The number of aromatic nitrogens is 1. The van der Waals surface area contributed by atoms with Crippen molar-refractivity contribution in [3.63, 3.8) is 0 Å². The third-order valence-electron chi connectivity index (χ3n) is 3.56. The van der Waals surface area contributed by atoms with E-state index in [9.17, 15) is 19.5 Å². The standard InChI is InChI=1S/C16H24N2O4/c1-5-7-12(16(21)22)17-15(20)14(10(2)3)18-11(4)8-6-9-13(18)19/h6,8-10,12,14H,5,7H2,1-4H3,(H,17,20)(H,21,22). The van der Waals surface area contributed by atoms with E-state index in [1.807, 2.05) is 20.8 Å². The molecule has 0 aliphatic carbocycles. The van der Waals surface area contributed by atoms with Gasteiger partial charge in [0.2, 0.25) is 5.91 Å². The first-order valence-electron chi connectivity index (χ1n) is 7.50. The summed E-state index contributed by atoms with van der Waals surface area (Å²) in [4.78, 5) is 35.9. The van der Waals surface area contributed by atoms with Crippen LogP contribution in [0.3, 0.4) is 0 Å². The number of nitrogens with zero attached hydrogens (tertiary/aromatic N) is 1. The van der Waals surface area contributed by atoms with Crippen LogP contribution in [0.5, 0.6) is 0 Å². The van der Waals surface area contributed by atoms with Crippen LogP contribution >= 0.6 is 0 Å². The maximum absolute atomic E-state index is 12.5. The number of rotatable bonds is 7. The summed E-state index contributed by atoms with van der Waals surface area (Å²) in [7, 11) is 0. The smallest absolute Gasteiger partial charge is 0.326 e. The van der Waals surface area contributed by atoms with Crippen molar-refractivity contribution in [3.8, 4) is 0 Å². The minimum absolute atomic E-state index is 0.144. The van der Waals surface area contributed by atoms with Gasteiger partial charge in [-0.05, 0) is 25.3 Å². The molecule has 2 atom stereocenters. The van der Waals surface area contributed by atoms with Crippen molar-refractivity contribution in [1.29, 1.82) is 0 Å². The van der Waals surface area contributed by atoms with Crippen molar-refractivity contribution in [1.82, 2.24) is 9.88 Å². The maximum Gasteiger partial charge on any atom is 0.326 e. The Morgan fingerprint density at radius 3 is 2.41 bits per heavy atom. The molecule has 0 spiro atoms. The van der Waals surface area contributed by atoms with Crippen molar-refractivity contribution in [2.45, 2.75) is 52.6 Å². The lowest BCUT2D eigenvalue weighted by Crippen LogP contribution is -2.47. The number of carbonyl (C=O) groups is 2. The first-order valence-corrected chi connectivity index (χ1v) is 7.50. The van der Waals surface area contributed by atoms with Crippen molar-refractivity contribution in [3.05, 3.63) is 34.2 Å². The van der Waals surface area contributed by atoms with E-state index in [4.69, 9.17) is 0 Å². The van der Waals surface area contributed by atoms with Crippen LogP contribution in [0, 0.1) is 12.8 Å². The van der Waals surface area contributed by atoms with Gasteiger partial charge in [-0.15, -0.1) is 0 Å². The number of carbonyl (C=O) groups excluding carboxylic acids is 1. The lowest BCUT2D eigenvalue weighted by Gasteiger charge is -2.26. The van der Waals surface area contributed by atoms with E-state index in [0.717, 1.165) is 0 Å². The average Bonchev–Trinajstić information content (AvgIpc) is 2.41. The predicted octanol–water partition coefficient (Wildman–Crippen LogP) is 1.72. The van der Waals surface area contributed by atoms with Crippen LogP contribution in [-0.2, 0) is 9.59 Å². The van der Waals surface area contributed by atoms with Gasteiger partial charge in [0, 0.05) is 11.8 Å². The Labute approximate surface area is 130 Å². The van der Waals surface area contributed by atoms with E-state index in [2.05, 4.69) is 5.32 Å². The number of nitrogens with one attached hydrogen (secondary N) is 1. The predicted molar refractivity (Wildman–Crippen MR) is 83.8 cm³/mol. The fraction of sp³-hybridized carbons (Fsp3) is 0.562. The van der Waals surface area contributed by atoms with Gasteiger partial charge in [-0.25, -0.2) is 4.79 Å². The molecule has 1 amide bonds. The number of aliphatic carboxylic acids is 1. The minimum atomic E-state index is -1.06. The Morgan fingerprint density at radius 2 is 1.95 bits per heavy atom. The highest BCUT2D eigenvalue weighted by atomic mass is 16.4. The van der Waals surface area contributed by atoms with E-state index >= 15 is 0 Å². The molecule has 0 aliphatic rings. The number of hydrogen-bond donors (Lipinski definition) is 2. The molecule has 0 saturated heterocycles.